The molecular formula is C17H18ClN7O3. The summed E-state index contributed by atoms with van der Waals surface area (Å²) in [5.41, 5.74) is 0.510. The van der Waals surface area contributed by atoms with Crippen molar-refractivity contribution in [1.82, 2.24) is 25.1 Å². The van der Waals surface area contributed by atoms with Gasteiger partial charge in [-0.05, 0) is 18.6 Å². The number of amides is 1. The third-order valence-electron chi connectivity index (χ3n) is 3.99. The van der Waals surface area contributed by atoms with Crippen LogP contribution in [0.25, 0.3) is 11.0 Å². The van der Waals surface area contributed by atoms with Crippen molar-refractivity contribution in [3.8, 4) is 0 Å². The van der Waals surface area contributed by atoms with Gasteiger partial charge in [-0.1, -0.05) is 18.5 Å². The van der Waals surface area contributed by atoms with E-state index in [1.807, 2.05) is 0 Å². The molecule has 2 N–H and O–H groups in total. The summed E-state index contributed by atoms with van der Waals surface area (Å²) >= 11 is 5.77. The molecule has 0 saturated carbocycles. The van der Waals surface area contributed by atoms with Gasteiger partial charge in [-0.3, -0.25) is 14.9 Å². The number of rotatable bonds is 8. The van der Waals surface area contributed by atoms with Gasteiger partial charge in [0.1, 0.15) is 17.2 Å². The second-order valence-corrected chi connectivity index (χ2v) is 6.34. The highest BCUT2D eigenvalue weighted by Gasteiger charge is 2.16. The monoisotopic (exact) mass is 403 g/mol. The first-order valence-corrected chi connectivity index (χ1v) is 9.01. The Morgan fingerprint density at radius 1 is 1.32 bits per heavy atom. The van der Waals surface area contributed by atoms with E-state index in [0.29, 0.717) is 12.2 Å². The molecule has 0 saturated heterocycles. The maximum absolute atomic E-state index is 12.3. The highest BCUT2D eigenvalue weighted by Crippen LogP contribution is 2.25. The average Bonchev–Trinajstić information content (AvgIpc) is 3.10. The van der Waals surface area contributed by atoms with Gasteiger partial charge in [-0.2, -0.15) is 5.10 Å². The molecule has 10 nitrogen and oxygen atoms in total. The van der Waals surface area contributed by atoms with Crippen LogP contribution in [0.1, 0.15) is 23.7 Å². The lowest BCUT2D eigenvalue weighted by atomic mass is 10.2. The number of nitrogens with one attached hydrogen (secondary N) is 2. The predicted octanol–water partition coefficient (Wildman–Crippen LogP) is 2.64. The van der Waals surface area contributed by atoms with Gasteiger partial charge in [-0.25, -0.2) is 14.6 Å². The number of nitro groups is 1. The van der Waals surface area contributed by atoms with Gasteiger partial charge in [0.05, 0.1) is 23.1 Å². The third-order valence-corrected chi connectivity index (χ3v) is 4.31. The molecule has 1 amide bonds. The molecule has 1 aromatic carbocycles. The number of anilines is 1. The van der Waals surface area contributed by atoms with Crippen LogP contribution in [0.2, 0.25) is 5.02 Å². The third kappa shape index (κ3) is 4.17. The van der Waals surface area contributed by atoms with E-state index in [4.69, 9.17) is 11.6 Å². The number of nitro benzene ring substituents is 1. The lowest BCUT2D eigenvalue weighted by molar-refractivity contribution is -0.384. The Balaban J connectivity index is 1.66. The minimum absolute atomic E-state index is 0.0169. The van der Waals surface area contributed by atoms with Gasteiger partial charge in [0.2, 0.25) is 0 Å². The molecule has 0 aliphatic heterocycles. The van der Waals surface area contributed by atoms with Crippen LogP contribution in [0.5, 0.6) is 0 Å². The van der Waals surface area contributed by atoms with Crippen molar-refractivity contribution < 1.29 is 9.72 Å². The van der Waals surface area contributed by atoms with Crippen molar-refractivity contribution in [3.63, 3.8) is 0 Å². The van der Waals surface area contributed by atoms with Gasteiger partial charge < -0.3 is 10.6 Å². The molecule has 0 bridgehead atoms. The molecule has 0 unspecified atom stereocenters. The fourth-order valence-electron chi connectivity index (χ4n) is 2.61. The number of aromatic nitrogens is 4. The minimum Gasteiger partial charge on any atom is -0.369 e. The van der Waals surface area contributed by atoms with E-state index < -0.39 is 10.8 Å². The van der Waals surface area contributed by atoms with Crippen LogP contribution in [-0.2, 0) is 6.54 Å². The summed E-state index contributed by atoms with van der Waals surface area (Å²) in [6, 6.07) is 3.92. The second-order valence-electron chi connectivity index (χ2n) is 5.93. The van der Waals surface area contributed by atoms with Gasteiger partial charge in [0.25, 0.3) is 11.6 Å². The number of fused-ring (bicyclic) bond motifs is 1. The first-order chi connectivity index (χ1) is 13.5. The summed E-state index contributed by atoms with van der Waals surface area (Å²) in [6.07, 6.45) is 4.11. The lowest BCUT2D eigenvalue weighted by Gasteiger charge is -2.07. The molecule has 28 heavy (non-hydrogen) atoms. The molecule has 0 aliphatic rings. The Morgan fingerprint density at radius 3 is 2.89 bits per heavy atom. The number of hydrogen-bond donors (Lipinski definition) is 2. The summed E-state index contributed by atoms with van der Waals surface area (Å²) in [6.45, 7) is 3.51. The van der Waals surface area contributed by atoms with Crippen LogP contribution >= 0.6 is 11.6 Å². The first-order valence-electron chi connectivity index (χ1n) is 8.63. The van der Waals surface area contributed by atoms with Gasteiger partial charge in [0.15, 0.2) is 5.65 Å². The van der Waals surface area contributed by atoms with E-state index in [1.165, 1.54) is 18.5 Å². The fourth-order valence-corrected chi connectivity index (χ4v) is 2.80. The molecule has 11 heteroatoms. The molecule has 2 aromatic heterocycles. The maximum atomic E-state index is 12.3. The molecule has 0 atom stereocenters. The zero-order chi connectivity index (χ0) is 20.1. The van der Waals surface area contributed by atoms with Crippen molar-refractivity contribution in [2.24, 2.45) is 0 Å². The molecule has 3 aromatic rings. The lowest BCUT2D eigenvalue weighted by Crippen LogP contribution is -2.27. The van der Waals surface area contributed by atoms with Crippen LogP contribution < -0.4 is 10.6 Å². The average molecular weight is 404 g/mol. The smallest absolute Gasteiger partial charge is 0.288 e. The van der Waals surface area contributed by atoms with Crippen molar-refractivity contribution in [3.05, 3.63) is 51.4 Å². The molecule has 0 aliphatic carbocycles. The first kappa shape index (κ1) is 19.5. The van der Waals surface area contributed by atoms with Gasteiger partial charge in [0, 0.05) is 24.7 Å². The van der Waals surface area contributed by atoms with Crippen LogP contribution in [0.15, 0.2) is 30.7 Å². The molecular weight excluding hydrogens is 386 g/mol. The summed E-state index contributed by atoms with van der Waals surface area (Å²) in [5, 5.41) is 22.0. The number of benzene rings is 1. The van der Waals surface area contributed by atoms with Crippen molar-refractivity contribution >= 4 is 40.0 Å². The maximum Gasteiger partial charge on any atom is 0.288 e. The number of nitrogens with zero attached hydrogens (tertiary/aromatic N) is 5. The minimum atomic E-state index is -0.626. The Hall–Kier alpha value is -3.27. The topological polar surface area (TPSA) is 128 Å². The van der Waals surface area contributed by atoms with Crippen LogP contribution in [-0.4, -0.2) is 43.7 Å². The van der Waals surface area contributed by atoms with Crippen molar-refractivity contribution in [2.45, 2.75) is 19.9 Å². The van der Waals surface area contributed by atoms with E-state index in [9.17, 15) is 14.9 Å². The second kappa shape index (κ2) is 8.61. The summed E-state index contributed by atoms with van der Waals surface area (Å²) in [4.78, 5) is 31.0. The Kier molecular flexibility index (Phi) is 5.99. The number of carbonyl (C=O) groups excluding carboxylic acids is 1. The summed E-state index contributed by atoms with van der Waals surface area (Å²) in [7, 11) is 0. The highest BCUT2D eigenvalue weighted by atomic mass is 35.5. The molecule has 2 heterocycles. The van der Waals surface area contributed by atoms with E-state index in [1.54, 1.807) is 10.9 Å². The SMILES string of the molecule is CCCNc1ncnc2c1cnn2CCNC(=O)c1ccc(Cl)c([N+](=O)[O-])c1. The van der Waals surface area contributed by atoms with Crippen LogP contribution in [0, 0.1) is 10.1 Å². The predicted molar refractivity (Wildman–Crippen MR) is 105 cm³/mol. The standard InChI is InChI=1S/C17H18ClN7O3/c1-2-5-19-15-12-9-23-24(16(12)22-10-21-15)7-6-20-17(26)11-3-4-13(18)14(8-11)25(27)28/h3-4,8-10H,2,5-7H2,1H3,(H,20,26)(H,19,21,22). The number of hydrogen-bond acceptors (Lipinski definition) is 7. The van der Waals surface area contributed by atoms with Crippen LogP contribution in [0.3, 0.4) is 0 Å². The molecule has 146 valence electrons. The summed E-state index contributed by atoms with van der Waals surface area (Å²) < 4.78 is 1.67. The van der Waals surface area contributed by atoms with Crippen molar-refractivity contribution in [2.75, 3.05) is 18.4 Å². The fraction of sp³-hybridized carbons (Fsp3) is 0.294. The zero-order valence-electron chi connectivity index (χ0n) is 15.1. The molecule has 0 fully saturated rings. The van der Waals surface area contributed by atoms with E-state index >= 15 is 0 Å². The van der Waals surface area contributed by atoms with E-state index in [-0.39, 0.29) is 22.8 Å². The number of carbonyl (C=O) groups is 1. The largest absolute Gasteiger partial charge is 0.369 e. The molecule has 3 rings (SSSR count). The molecule has 0 radical (unpaired) electrons. The van der Waals surface area contributed by atoms with Crippen molar-refractivity contribution in [1.29, 1.82) is 0 Å². The van der Waals surface area contributed by atoms with Gasteiger partial charge >= 0.3 is 0 Å². The summed E-state index contributed by atoms with van der Waals surface area (Å²) in [5.74, 6) is 0.284. The zero-order valence-corrected chi connectivity index (χ0v) is 15.8. The molecule has 0 spiro atoms. The highest BCUT2D eigenvalue weighted by molar-refractivity contribution is 6.32. The van der Waals surface area contributed by atoms with E-state index in [2.05, 4.69) is 32.6 Å². The number of halogens is 1. The Morgan fingerprint density at radius 2 is 2.14 bits per heavy atom. The Bertz CT molecular complexity index is 1020. The Labute approximate surface area is 165 Å². The van der Waals surface area contributed by atoms with Gasteiger partial charge in [-0.15, -0.1) is 0 Å². The quantitative estimate of drug-likeness (QED) is 0.437. The normalized spacial score (nSPS) is 10.8. The van der Waals surface area contributed by atoms with E-state index in [0.717, 1.165) is 30.2 Å². The van der Waals surface area contributed by atoms with Crippen LogP contribution in [0.4, 0.5) is 11.5 Å².